The Balaban J connectivity index is 1.79. The normalized spacial score (nSPS) is 25.3. The summed E-state index contributed by atoms with van der Waals surface area (Å²) < 4.78 is 0. The van der Waals surface area contributed by atoms with Gasteiger partial charge in [-0.05, 0) is 26.3 Å². The summed E-state index contributed by atoms with van der Waals surface area (Å²) in [6.07, 6.45) is 1.87. The average molecular weight is 239 g/mol. The Kier molecular flexibility index (Phi) is 3.90. The Morgan fingerprint density at radius 2 is 2.62 bits per heavy atom. The summed E-state index contributed by atoms with van der Waals surface area (Å²) in [5.41, 5.74) is 2.73. The van der Waals surface area contributed by atoms with E-state index in [-0.39, 0.29) is 11.8 Å². The van der Waals surface area contributed by atoms with Crippen LogP contribution in [0.25, 0.3) is 0 Å². The van der Waals surface area contributed by atoms with Crippen molar-refractivity contribution in [3.63, 3.8) is 0 Å². The number of piperidine rings is 1. The van der Waals surface area contributed by atoms with Crippen molar-refractivity contribution in [3.05, 3.63) is 16.6 Å². The zero-order valence-corrected chi connectivity index (χ0v) is 10.2. The third-order valence-electron chi connectivity index (χ3n) is 2.92. The van der Waals surface area contributed by atoms with Crippen molar-refractivity contribution in [3.8, 4) is 0 Å². The van der Waals surface area contributed by atoms with E-state index >= 15 is 0 Å². The minimum Gasteiger partial charge on any atom is -0.350 e. The van der Waals surface area contributed by atoms with E-state index in [0.29, 0.717) is 12.6 Å². The van der Waals surface area contributed by atoms with E-state index in [1.807, 2.05) is 5.38 Å². The van der Waals surface area contributed by atoms with Crippen LogP contribution in [0.1, 0.15) is 25.5 Å². The van der Waals surface area contributed by atoms with Gasteiger partial charge in [-0.15, -0.1) is 11.3 Å². The summed E-state index contributed by atoms with van der Waals surface area (Å²) in [4.78, 5) is 16.0. The zero-order chi connectivity index (χ0) is 11.4. The molecule has 16 heavy (non-hydrogen) atoms. The standard InChI is InChI=1S/C11H17N3OS/c1-8-4-9(2-3-12-8)11(15)13-5-10-6-16-7-14-10/h6-9,12H,2-5H2,1H3,(H,13,15). The molecule has 1 aromatic heterocycles. The van der Waals surface area contributed by atoms with Gasteiger partial charge in [0.15, 0.2) is 0 Å². The summed E-state index contributed by atoms with van der Waals surface area (Å²) >= 11 is 1.55. The molecular weight excluding hydrogens is 222 g/mol. The molecule has 0 bridgehead atoms. The summed E-state index contributed by atoms with van der Waals surface area (Å²) in [6, 6.07) is 0.448. The van der Waals surface area contributed by atoms with Gasteiger partial charge < -0.3 is 10.6 Å². The van der Waals surface area contributed by atoms with Crippen LogP contribution < -0.4 is 10.6 Å². The highest BCUT2D eigenvalue weighted by Gasteiger charge is 2.24. The van der Waals surface area contributed by atoms with Crippen LogP contribution in [0.2, 0.25) is 0 Å². The maximum atomic E-state index is 11.9. The van der Waals surface area contributed by atoms with Crippen molar-refractivity contribution >= 4 is 17.2 Å². The molecule has 1 aliphatic rings. The molecule has 2 N–H and O–H groups in total. The van der Waals surface area contributed by atoms with Crippen LogP contribution in [0.4, 0.5) is 0 Å². The minimum atomic E-state index is 0.162. The van der Waals surface area contributed by atoms with E-state index in [9.17, 15) is 4.79 Å². The van der Waals surface area contributed by atoms with Gasteiger partial charge in [0.05, 0.1) is 17.7 Å². The number of nitrogens with one attached hydrogen (secondary N) is 2. The van der Waals surface area contributed by atoms with Crippen molar-refractivity contribution in [1.29, 1.82) is 0 Å². The van der Waals surface area contributed by atoms with Crippen LogP contribution in [0.15, 0.2) is 10.9 Å². The van der Waals surface area contributed by atoms with E-state index in [4.69, 9.17) is 0 Å². The fraction of sp³-hybridized carbons (Fsp3) is 0.636. The average Bonchev–Trinajstić information content (AvgIpc) is 2.78. The lowest BCUT2D eigenvalue weighted by Crippen LogP contribution is -2.42. The molecule has 1 aromatic rings. The molecule has 1 fully saturated rings. The lowest BCUT2D eigenvalue weighted by Gasteiger charge is -2.26. The number of carbonyl (C=O) groups excluding carboxylic acids is 1. The monoisotopic (exact) mass is 239 g/mol. The molecule has 1 saturated heterocycles. The van der Waals surface area contributed by atoms with E-state index in [2.05, 4.69) is 22.5 Å². The van der Waals surface area contributed by atoms with Crippen LogP contribution in [0, 0.1) is 5.92 Å². The van der Waals surface area contributed by atoms with Crippen LogP contribution in [-0.4, -0.2) is 23.5 Å². The van der Waals surface area contributed by atoms with Crippen molar-refractivity contribution in [2.24, 2.45) is 5.92 Å². The number of nitrogens with zero attached hydrogens (tertiary/aromatic N) is 1. The second kappa shape index (κ2) is 5.41. The van der Waals surface area contributed by atoms with Gasteiger partial charge in [0.2, 0.25) is 5.91 Å². The summed E-state index contributed by atoms with van der Waals surface area (Å²) in [5, 5.41) is 8.26. The number of aromatic nitrogens is 1. The lowest BCUT2D eigenvalue weighted by molar-refractivity contribution is -0.126. The number of amides is 1. The van der Waals surface area contributed by atoms with Gasteiger partial charge in [-0.25, -0.2) is 4.98 Å². The Morgan fingerprint density at radius 1 is 1.75 bits per heavy atom. The SMILES string of the molecule is CC1CC(C(=O)NCc2cscn2)CCN1. The van der Waals surface area contributed by atoms with Gasteiger partial charge in [-0.2, -0.15) is 0 Å². The Labute approximate surface area is 99.5 Å². The Bertz CT molecular complexity index is 339. The first kappa shape index (κ1) is 11.5. The summed E-state index contributed by atoms with van der Waals surface area (Å²) in [5.74, 6) is 0.330. The number of carbonyl (C=O) groups is 1. The molecule has 1 aliphatic heterocycles. The summed E-state index contributed by atoms with van der Waals surface area (Å²) in [7, 11) is 0. The molecule has 2 unspecified atom stereocenters. The maximum absolute atomic E-state index is 11.9. The van der Waals surface area contributed by atoms with Crippen LogP contribution in [-0.2, 0) is 11.3 Å². The number of rotatable bonds is 3. The molecule has 2 atom stereocenters. The molecule has 5 heteroatoms. The molecule has 4 nitrogen and oxygen atoms in total. The molecule has 0 spiro atoms. The largest absolute Gasteiger partial charge is 0.350 e. The van der Waals surface area contributed by atoms with Crippen molar-refractivity contribution in [2.75, 3.05) is 6.54 Å². The van der Waals surface area contributed by atoms with E-state index in [1.165, 1.54) is 0 Å². The van der Waals surface area contributed by atoms with Gasteiger partial charge in [-0.3, -0.25) is 4.79 Å². The second-order valence-corrected chi connectivity index (χ2v) is 4.99. The van der Waals surface area contributed by atoms with Crippen LogP contribution >= 0.6 is 11.3 Å². The first-order valence-corrected chi connectivity index (χ1v) is 6.58. The molecule has 88 valence electrons. The fourth-order valence-corrected chi connectivity index (χ4v) is 2.58. The van der Waals surface area contributed by atoms with Gasteiger partial charge in [-0.1, -0.05) is 0 Å². The quantitative estimate of drug-likeness (QED) is 0.832. The Morgan fingerprint density at radius 3 is 3.31 bits per heavy atom. The maximum Gasteiger partial charge on any atom is 0.223 e. The third kappa shape index (κ3) is 3.02. The topological polar surface area (TPSA) is 54.0 Å². The first-order valence-electron chi connectivity index (χ1n) is 5.64. The molecule has 2 heterocycles. The molecule has 0 aliphatic carbocycles. The third-order valence-corrected chi connectivity index (χ3v) is 3.56. The van der Waals surface area contributed by atoms with E-state index < -0.39 is 0 Å². The smallest absolute Gasteiger partial charge is 0.223 e. The van der Waals surface area contributed by atoms with Gasteiger partial charge in [0.1, 0.15) is 0 Å². The van der Waals surface area contributed by atoms with Crippen LogP contribution in [0.3, 0.4) is 0 Å². The van der Waals surface area contributed by atoms with Gasteiger partial charge in [0, 0.05) is 17.3 Å². The van der Waals surface area contributed by atoms with E-state index in [0.717, 1.165) is 25.1 Å². The number of hydrogen-bond acceptors (Lipinski definition) is 4. The molecular formula is C11H17N3OS. The molecule has 1 amide bonds. The molecule has 0 radical (unpaired) electrons. The van der Waals surface area contributed by atoms with Gasteiger partial charge in [0.25, 0.3) is 0 Å². The molecule has 2 rings (SSSR count). The highest BCUT2D eigenvalue weighted by molar-refractivity contribution is 7.07. The van der Waals surface area contributed by atoms with Crippen LogP contribution in [0.5, 0.6) is 0 Å². The predicted molar refractivity (Wildman–Crippen MR) is 64.1 cm³/mol. The fourth-order valence-electron chi connectivity index (χ4n) is 2.02. The lowest BCUT2D eigenvalue weighted by atomic mass is 9.92. The summed E-state index contributed by atoms with van der Waals surface area (Å²) in [6.45, 7) is 3.62. The number of hydrogen-bond donors (Lipinski definition) is 2. The van der Waals surface area contributed by atoms with Gasteiger partial charge >= 0.3 is 0 Å². The minimum absolute atomic E-state index is 0.162. The van der Waals surface area contributed by atoms with E-state index in [1.54, 1.807) is 16.8 Å². The van der Waals surface area contributed by atoms with Crippen molar-refractivity contribution < 1.29 is 4.79 Å². The first-order chi connectivity index (χ1) is 7.75. The molecule has 0 saturated carbocycles. The second-order valence-electron chi connectivity index (χ2n) is 4.27. The highest BCUT2D eigenvalue weighted by atomic mass is 32.1. The Hall–Kier alpha value is -0.940. The zero-order valence-electron chi connectivity index (χ0n) is 9.40. The highest BCUT2D eigenvalue weighted by Crippen LogP contribution is 2.16. The number of thiazole rings is 1. The van der Waals surface area contributed by atoms with Crippen molar-refractivity contribution in [2.45, 2.75) is 32.4 Å². The van der Waals surface area contributed by atoms with Crippen molar-refractivity contribution in [1.82, 2.24) is 15.6 Å². The predicted octanol–water partition coefficient (Wildman–Crippen LogP) is 1.15. The molecule has 0 aromatic carbocycles.